The second kappa shape index (κ2) is 9.30. The molecule has 5 rings (SSSR count). The van der Waals surface area contributed by atoms with Crippen molar-refractivity contribution in [1.29, 1.82) is 0 Å². The Morgan fingerprint density at radius 2 is 1.82 bits per heavy atom. The average molecular weight is 464 g/mol. The number of anilines is 1. The molecular weight excluding hydrogens is 437 g/mol. The first kappa shape index (κ1) is 22.2. The second-order valence-electron chi connectivity index (χ2n) is 8.76. The number of rotatable bonds is 7. The zero-order valence-electron chi connectivity index (χ0n) is 18.7. The van der Waals surface area contributed by atoms with Crippen molar-refractivity contribution >= 4 is 33.5 Å². The van der Waals surface area contributed by atoms with E-state index in [1.54, 1.807) is 18.2 Å². The van der Waals surface area contributed by atoms with Gasteiger partial charge in [0.2, 0.25) is 0 Å². The van der Waals surface area contributed by atoms with E-state index in [0.29, 0.717) is 0 Å². The van der Waals surface area contributed by atoms with Crippen molar-refractivity contribution in [2.45, 2.75) is 19.3 Å². The van der Waals surface area contributed by atoms with Gasteiger partial charge < -0.3 is 19.4 Å². The number of piperazine rings is 1. The Balaban J connectivity index is 1.14. The average Bonchev–Trinajstić information content (AvgIpc) is 3.23. The number of aromatic nitrogens is 1. The largest absolute Gasteiger partial charge is 0.478 e. The minimum Gasteiger partial charge on any atom is -0.478 e. The highest BCUT2D eigenvalue weighted by Gasteiger charge is 2.20. The van der Waals surface area contributed by atoms with Crippen LogP contribution in [-0.2, 0) is 6.42 Å². The molecule has 3 heterocycles. The van der Waals surface area contributed by atoms with Gasteiger partial charge >= 0.3 is 11.6 Å². The molecule has 0 atom stereocenters. The molecule has 0 saturated carbocycles. The maximum atomic E-state index is 13.5. The summed E-state index contributed by atoms with van der Waals surface area (Å²) in [7, 11) is 0. The SMILES string of the molecule is O=C(O)c1ccc2c(CCCCN3CCN(c4cc(=O)oc5cc(F)ccc45)CC3)c[nH]c2c1. The number of aromatic amines is 1. The Hall–Kier alpha value is -3.65. The third-order valence-corrected chi connectivity index (χ3v) is 6.58. The standard InChI is InChI=1S/C26H26FN3O4/c27-19-5-7-21-23(15-25(31)34-24(21)14-19)30-11-9-29(10-12-30)8-2-1-3-18-16-28-22-13-17(26(32)33)4-6-20(18)22/h4-7,13-16,28H,1-3,8-12H2,(H,32,33). The lowest BCUT2D eigenvalue weighted by Gasteiger charge is -2.36. The number of aromatic carboxylic acids is 1. The van der Waals surface area contributed by atoms with Crippen molar-refractivity contribution in [2.24, 2.45) is 0 Å². The van der Waals surface area contributed by atoms with Gasteiger partial charge in [0.15, 0.2) is 0 Å². The van der Waals surface area contributed by atoms with Crippen LogP contribution in [0.5, 0.6) is 0 Å². The third kappa shape index (κ3) is 4.54. The van der Waals surface area contributed by atoms with Crippen LogP contribution in [0.4, 0.5) is 10.1 Å². The number of nitrogens with one attached hydrogen (secondary N) is 1. The van der Waals surface area contributed by atoms with Crippen LogP contribution >= 0.6 is 0 Å². The number of unbranched alkanes of at least 4 members (excludes halogenated alkanes) is 1. The van der Waals surface area contributed by atoms with Gasteiger partial charge in [-0.25, -0.2) is 14.0 Å². The third-order valence-electron chi connectivity index (χ3n) is 6.58. The Labute approximate surface area is 195 Å². The van der Waals surface area contributed by atoms with Gasteiger partial charge in [0.25, 0.3) is 0 Å². The minimum absolute atomic E-state index is 0.279. The van der Waals surface area contributed by atoms with Gasteiger partial charge in [0.05, 0.1) is 11.3 Å². The molecule has 2 N–H and O–H groups in total. The first-order valence-electron chi connectivity index (χ1n) is 11.5. The number of carboxylic acids is 1. The monoisotopic (exact) mass is 463 g/mol. The van der Waals surface area contributed by atoms with Crippen LogP contribution in [0.25, 0.3) is 21.9 Å². The molecule has 1 saturated heterocycles. The molecule has 2 aromatic heterocycles. The van der Waals surface area contributed by atoms with Crippen molar-refractivity contribution in [3.8, 4) is 0 Å². The van der Waals surface area contributed by atoms with E-state index in [1.165, 1.54) is 23.8 Å². The molecule has 176 valence electrons. The van der Waals surface area contributed by atoms with Crippen LogP contribution < -0.4 is 10.5 Å². The predicted molar refractivity (Wildman–Crippen MR) is 129 cm³/mol. The molecule has 4 aromatic rings. The maximum Gasteiger partial charge on any atom is 0.338 e. The van der Waals surface area contributed by atoms with Gasteiger partial charge in [-0.15, -0.1) is 0 Å². The number of hydrogen-bond donors (Lipinski definition) is 2. The lowest BCUT2D eigenvalue weighted by Crippen LogP contribution is -2.46. The molecule has 7 nitrogen and oxygen atoms in total. The summed E-state index contributed by atoms with van der Waals surface area (Å²) in [5.74, 6) is -1.34. The summed E-state index contributed by atoms with van der Waals surface area (Å²) in [5.41, 5.74) is 2.97. The van der Waals surface area contributed by atoms with E-state index < -0.39 is 17.4 Å². The molecule has 8 heteroatoms. The summed E-state index contributed by atoms with van der Waals surface area (Å²) in [4.78, 5) is 30.9. The van der Waals surface area contributed by atoms with E-state index in [2.05, 4.69) is 14.8 Å². The van der Waals surface area contributed by atoms with E-state index in [9.17, 15) is 14.0 Å². The van der Waals surface area contributed by atoms with Crippen molar-refractivity contribution in [1.82, 2.24) is 9.88 Å². The van der Waals surface area contributed by atoms with Crippen molar-refractivity contribution in [3.05, 3.63) is 76.0 Å². The van der Waals surface area contributed by atoms with E-state index >= 15 is 0 Å². The fraction of sp³-hybridized carbons (Fsp3) is 0.308. The van der Waals surface area contributed by atoms with Crippen LogP contribution in [0.2, 0.25) is 0 Å². The van der Waals surface area contributed by atoms with Gasteiger partial charge in [0.1, 0.15) is 11.4 Å². The second-order valence-corrected chi connectivity index (χ2v) is 8.76. The highest BCUT2D eigenvalue weighted by Crippen LogP contribution is 2.27. The molecule has 1 aliphatic rings. The van der Waals surface area contributed by atoms with E-state index in [1.807, 2.05) is 12.3 Å². The van der Waals surface area contributed by atoms with Crippen molar-refractivity contribution in [2.75, 3.05) is 37.6 Å². The number of hydrogen-bond acceptors (Lipinski definition) is 5. The summed E-state index contributed by atoms with van der Waals surface area (Å²) >= 11 is 0. The topological polar surface area (TPSA) is 89.8 Å². The van der Waals surface area contributed by atoms with Gasteiger partial charge in [-0.2, -0.15) is 0 Å². The zero-order chi connectivity index (χ0) is 23.7. The Morgan fingerprint density at radius 1 is 1.03 bits per heavy atom. The molecule has 2 aromatic carbocycles. The van der Waals surface area contributed by atoms with Crippen LogP contribution in [0.15, 0.2) is 57.9 Å². The summed E-state index contributed by atoms with van der Waals surface area (Å²) in [6, 6.07) is 11.0. The number of halogens is 1. The highest BCUT2D eigenvalue weighted by atomic mass is 19.1. The van der Waals surface area contributed by atoms with Gasteiger partial charge in [-0.3, -0.25) is 4.90 Å². The molecule has 0 aliphatic carbocycles. The lowest BCUT2D eigenvalue weighted by molar-refractivity contribution is 0.0697. The molecule has 0 bridgehead atoms. The number of carbonyl (C=O) groups is 1. The summed E-state index contributed by atoms with van der Waals surface area (Å²) in [5, 5.41) is 11.0. The first-order chi connectivity index (χ1) is 16.5. The Morgan fingerprint density at radius 3 is 2.62 bits per heavy atom. The maximum absolute atomic E-state index is 13.5. The molecule has 0 amide bonds. The number of benzene rings is 2. The van der Waals surface area contributed by atoms with Crippen LogP contribution in [-0.4, -0.2) is 53.7 Å². The quantitative estimate of drug-likeness (QED) is 0.315. The van der Waals surface area contributed by atoms with Crippen molar-refractivity contribution in [3.63, 3.8) is 0 Å². The van der Waals surface area contributed by atoms with Crippen LogP contribution in [0.3, 0.4) is 0 Å². The molecule has 0 spiro atoms. The van der Waals surface area contributed by atoms with E-state index in [-0.39, 0.29) is 11.1 Å². The Bertz CT molecular complexity index is 1400. The number of nitrogens with zero attached hydrogens (tertiary/aromatic N) is 2. The summed E-state index contributed by atoms with van der Waals surface area (Å²) in [6.45, 7) is 4.39. The zero-order valence-corrected chi connectivity index (χ0v) is 18.7. The molecule has 1 fully saturated rings. The highest BCUT2D eigenvalue weighted by molar-refractivity contribution is 5.94. The van der Waals surface area contributed by atoms with Gasteiger partial charge in [0, 0.05) is 60.8 Å². The van der Waals surface area contributed by atoms with E-state index in [0.717, 1.165) is 74.0 Å². The number of aryl methyl sites for hydroxylation is 1. The normalized spacial score (nSPS) is 14.8. The summed E-state index contributed by atoms with van der Waals surface area (Å²) in [6.07, 6.45) is 5.03. The van der Waals surface area contributed by atoms with Gasteiger partial charge in [-0.1, -0.05) is 6.07 Å². The van der Waals surface area contributed by atoms with Crippen LogP contribution in [0.1, 0.15) is 28.8 Å². The van der Waals surface area contributed by atoms with E-state index in [4.69, 9.17) is 9.52 Å². The fourth-order valence-electron chi connectivity index (χ4n) is 4.77. The number of H-pyrrole nitrogens is 1. The molecule has 34 heavy (non-hydrogen) atoms. The van der Waals surface area contributed by atoms with Gasteiger partial charge in [-0.05, 0) is 55.6 Å². The Kier molecular flexibility index (Phi) is 6.06. The fourth-order valence-corrected chi connectivity index (χ4v) is 4.77. The molecule has 0 radical (unpaired) electrons. The first-order valence-corrected chi connectivity index (χ1v) is 11.5. The lowest BCUT2D eigenvalue weighted by atomic mass is 10.1. The summed E-state index contributed by atoms with van der Waals surface area (Å²) < 4.78 is 18.7. The number of carboxylic acid groups (broad SMARTS) is 1. The minimum atomic E-state index is -0.920. The van der Waals surface area contributed by atoms with Crippen LogP contribution in [0, 0.1) is 5.82 Å². The molecular formula is C26H26FN3O4. The predicted octanol–water partition coefficient (Wildman–Crippen LogP) is 4.26. The molecule has 0 unspecified atom stereocenters. The smallest absolute Gasteiger partial charge is 0.338 e. The van der Waals surface area contributed by atoms with Crippen molar-refractivity contribution < 1.29 is 18.7 Å². The number of fused-ring (bicyclic) bond motifs is 2. The molecule has 1 aliphatic heterocycles.